The Morgan fingerprint density at radius 3 is 2.85 bits per heavy atom. The van der Waals surface area contributed by atoms with Crippen LogP contribution >= 0.6 is 11.6 Å². The minimum Gasteiger partial charge on any atom is -0.370 e. The largest absolute Gasteiger partial charge is 0.370 e. The third-order valence-corrected chi connectivity index (χ3v) is 6.20. The van der Waals surface area contributed by atoms with E-state index in [1.807, 2.05) is 4.90 Å². The summed E-state index contributed by atoms with van der Waals surface area (Å²) in [6.07, 6.45) is 5.93. The van der Waals surface area contributed by atoms with E-state index >= 15 is 0 Å². The van der Waals surface area contributed by atoms with Gasteiger partial charge in [-0.25, -0.2) is 0 Å². The molecule has 26 heavy (non-hydrogen) atoms. The maximum atomic E-state index is 12.7. The Bertz CT molecular complexity index is 813. The fraction of sp³-hybridized carbons (Fsp3) is 0.526. The summed E-state index contributed by atoms with van der Waals surface area (Å²) >= 11 is 6.08. The van der Waals surface area contributed by atoms with Crippen molar-refractivity contribution in [3.05, 3.63) is 28.8 Å². The van der Waals surface area contributed by atoms with E-state index in [0.717, 1.165) is 37.9 Å². The van der Waals surface area contributed by atoms with Gasteiger partial charge in [-0.15, -0.1) is 0 Å². The molecule has 1 amide bonds. The van der Waals surface area contributed by atoms with Crippen LogP contribution in [0.4, 0.5) is 5.69 Å². The van der Waals surface area contributed by atoms with Gasteiger partial charge in [-0.2, -0.15) is 10.5 Å². The Hall–Kier alpha value is -2.44. The molecule has 0 spiro atoms. The lowest BCUT2D eigenvalue weighted by atomic mass is 9.95. The van der Waals surface area contributed by atoms with Gasteiger partial charge in [-0.3, -0.25) is 4.79 Å². The number of hydrogen-bond acceptors (Lipinski definition) is 5. The summed E-state index contributed by atoms with van der Waals surface area (Å²) in [6, 6.07) is 7.94. The van der Waals surface area contributed by atoms with E-state index in [2.05, 4.69) is 22.5 Å². The lowest BCUT2D eigenvalue weighted by Crippen LogP contribution is -2.46. The van der Waals surface area contributed by atoms with Crippen LogP contribution in [0.2, 0.25) is 5.02 Å². The van der Waals surface area contributed by atoms with Crippen LogP contribution in [0.15, 0.2) is 18.2 Å². The molecule has 3 aliphatic heterocycles. The number of carbonyl (C=O) groups is 1. The predicted octanol–water partition coefficient (Wildman–Crippen LogP) is 2.24. The lowest BCUT2D eigenvalue weighted by molar-refractivity contribution is -0.125. The number of rotatable bonds is 3. The van der Waals surface area contributed by atoms with Crippen LogP contribution in [0, 0.1) is 28.7 Å². The Labute approximate surface area is 157 Å². The van der Waals surface area contributed by atoms with E-state index in [1.54, 1.807) is 18.2 Å². The van der Waals surface area contributed by atoms with Gasteiger partial charge in [0.15, 0.2) is 6.19 Å². The van der Waals surface area contributed by atoms with Gasteiger partial charge in [-0.1, -0.05) is 11.6 Å². The van der Waals surface area contributed by atoms with Gasteiger partial charge < -0.3 is 15.1 Å². The number of nitrogens with zero attached hydrogens (tertiary/aromatic N) is 4. The second-order valence-corrected chi connectivity index (χ2v) is 7.80. The van der Waals surface area contributed by atoms with Crippen LogP contribution in [0.1, 0.15) is 31.2 Å². The molecular weight excluding hydrogens is 350 g/mol. The minimum atomic E-state index is -0.102. The van der Waals surface area contributed by atoms with Crippen molar-refractivity contribution < 1.29 is 4.79 Å². The fourth-order valence-corrected chi connectivity index (χ4v) is 4.82. The smallest absolute Gasteiger partial charge is 0.225 e. The van der Waals surface area contributed by atoms with Gasteiger partial charge in [-0.05, 0) is 43.9 Å². The zero-order valence-corrected chi connectivity index (χ0v) is 15.1. The molecule has 4 rings (SSSR count). The molecule has 3 fully saturated rings. The van der Waals surface area contributed by atoms with E-state index in [-0.39, 0.29) is 23.9 Å². The zero-order valence-electron chi connectivity index (χ0n) is 14.4. The molecule has 3 saturated heterocycles. The molecule has 3 heterocycles. The van der Waals surface area contributed by atoms with Gasteiger partial charge in [0.05, 0.1) is 29.3 Å². The summed E-state index contributed by atoms with van der Waals surface area (Å²) in [5.74, 6) is -0.0429. The molecule has 7 heteroatoms. The molecule has 6 nitrogen and oxygen atoms in total. The van der Waals surface area contributed by atoms with Crippen LogP contribution in [-0.2, 0) is 4.79 Å². The van der Waals surface area contributed by atoms with Gasteiger partial charge >= 0.3 is 0 Å². The molecule has 2 bridgehead atoms. The molecule has 0 aliphatic carbocycles. The molecule has 4 atom stereocenters. The van der Waals surface area contributed by atoms with Crippen LogP contribution in [0.25, 0.3) is 0 Å². The first kappa shape index (κ1) is 17.0. The predicted molar refractivity (Wildman–Crippen MR) is 97.3 cm³/mol. The Morgan fingerprint density at radius 1 is 1.27 bits per heavy atom. The van der Waals surface area contributed by atoms with Gasteiger partial charge in [0.25, 0.3) is 0 Å². The average molecular weight is 370 g/mol. The van der Waals surface area contributed by atoms with E-state index in [1.165, 1.54) is 0 Å². The molecule has 0 radical (unpaired) electrons. The number of nitriles is 2. The number of hydrogen-bond donors (Lipinski definition) is 1. The van der Waals surface area contributed by atoms with Crippen molar-refractivity contribution in [3.8, 4) is 12.3 Å². The molecular formula is C19H20ClN5O. The van der Waals surface area contributed by atoms with E-state index in [0.29, 0.717) is 23.2 Å². The van der Waals surface area contributed by atoms with Crippen molar-refractivity contribution in [1.29, 1.82) is 10.5 Å². The lowest BCUT2D eigenvalue weighted by Gasteiger charge is -2.24. The zero-order chi connectivity index (χ0) is 18.3. The third-order valence-electron chi connectivity index (χ3n) is 5.96. The Balaban J connectivity index is 1.40. The summed E-state index contributed by atoms with van der Waals surface area (Å²) in [7, 11) is 0. The van der Waals surface area contributed by atoms with Crippen molar-refractivity contribution in [3.63, 3.8) is 0 Å². The molecule has 0 aromatic heterocycles. The summed E-state index contributed by atoms with van der Waals surface area (Å²) < 4.78 is 0. The van der Waals surface area contributed by atoms with Gasteiger partial charge in [0.2, 0.25) is 5.91 Å². The monoisotopic (exact) mass is 369 g/mol. The molecule has 0 unspecified atom stereocenters. The Morgan fingerprint density at radius 2 is 2.12 bits per heavy atom. The van der Waals surface area contributed by atoms with Crippen molar-refractivity contribution in [2.75, 3.05) is 18.0 Å². The Kier molecular flexibility index (Phi) is 4.38. The van der Waals surface area contributed by atoms with Crippen molar-refractivity contribution in [2.45, 2.75) is 43.8 Å². The number of fused-ring (bicyclic) bond motifs is 2. The quantitative estimate of drug-likeness (QED) is 0.826. The third kappa shape index (κ3) is 2.85. The average Bonchev–Trinajstić information content (AvgIpc) is 3.35. The highest BCUT2D eigenvalue weighted by Crippen LogP contribution is 2.37. The summed E-state index contributed by atoms with van der Waals surface area (Å²) in [4.78, 5) is 16.7. The van der Waals surface area contributed by atoms with E-state index in [9.17, 15) is 15.3 Å². The van der Waals surface area contributed by atoms with Gasteiger partial charge in [0.1, 0.15) is 6.07 Å². The SMILES string of the molecule is N#Cc1ccc(Cl)cc1N1CC[C@H](C(=O)N[C@@H]2C[C@@H]3CC[C@H]2N3C#N)C1. The van der Waals surface area contributed by atoms with Crippen molar-refractivity contribution in [2.24, 2.45) is 5.92 Å². The number of amides is 1. The standard InChI is InChI=1S/C19H20ClN5O/c20-14-2-1-12(9-21)18(7-14)24-6-5-13(10-24)19(26)23-16-8-15-3-4-17(16)25(15)11-22/h1-2,7,13,15-17H,3-6,8,10H2,(H,23,26)/t13-,15-,16+,17+/m0/s1. The number of benzene rings is 1. The second-order valence-electron chi connectivity index (χ2n) is 7.36. The highest BCUT2D eigenvalue weighted by atomic mass is 35.5. The molecule has 1 N–H and O–H groups in total. The highest BCUT2D eigenvalue weighted by molar-refractivity contribution is 6.30. The van der Waals surface area contributed by atoms with Crippen molar-refractivity contribution in [1.82, 2.24) is 10.2 Å². The fourth-order valence-electron chi connectivity index (χ4n) is 4.65. The van der Waals surface area contributed by atoms with E-state index in [4.69, 9.17) is 11.6 Å². The maximum Gasteiger partial charge on any atom is 0.225 e. The number of anilines is 1. The first-order chi connectivity index (χ1) is 12.6. The molecule has 1 aromatic rings. The van der Waals surface area contributed by atoms with Crippen LogP contribution in [0.5, 0.6) is 0 Å². The number of halogens is 1. The first-order valence-corrected chi connectivity index (χ1v) is 9.41. The normalized spacial score (nSPS) is 29.5. The van der Waals surface area contributed by atoms with Crippen molar-refractivity contribution >= 4 is 23.2 Å². The maximum absolute atomic E-state index is 12.7. The summed E-state index contributed by atoms with van der Waals surface area (Å²) in [5, 5.41) is 22.3. The summed E-state index contributed by atoms with van der Waals surface area (Å²) in [6.45, 7) is 1.32. The van der Waals surface area contributed by atoms with E-state index < -0.39 is 0 Å². The molecule has 134 valence electrons. The molecule has 0 saturated carbocycles. The molecule has 1 aromatic carbocycles. The topological polar surface area (TPSA) is 83.2 Å². The highest BCUT2D eigenvalue weighted by Gasteiger charge is 2.47. The van der Waals surface area contributed by atoms with Crippen LogP contribution in [-0.4, -0.2) is 42.0 Å². The molecule has 3 aliphatic rings. The van der Waals surface area contributed by atoms with Gasteiger partial charge in [0, 0.05) is 24.2 Å². The number of nitrogens with one attached hydrogen (secondary N) is 1. The minimum absolute atomic E-state index is 0.0588. The van der Waals surface area contributed by atoms with Crippen LogP contribution in [0.3, 0.4) is 0 Å². The van der Waals surface area contributed by atoms with Crippen LogP contribution < -0.4 is 10.2 Å². The first-order valence-electron chi connectivity index (χ1n) is 9.03. The number of carbonyl (C=O) groups excluding carboxylic acids is 1. The summed E-state index contributed by atoms with van der Waals surface area (Å²) in [5.41, 5.74) is 1.37. The second kappa shape index (κ2) is 6.70.